The van der Waals surface area contributed by atoms with E-state index in [-0.39, 0.29) is 31.0 Å². The van der Waals surface area contributed by atoms with Crippen molar-refractivity contribution in [2.75, 3.05) is 17.2 Å². The molecule has 2 aliphatic rings. The number of nitrogens with two attached hydrogens (primary N) is 1. The Morgan fingerprint density at radius 3 is 2.72 bits per heavy atom. The summed E-state index contributed by atoms with van der Waals surface area (Å²) in [6.45, 7) is 5.55. The number of carbonyl (C=O) groups is 2. The van der Waals surface area contributed by atoms with Gasteiger partial charge in [0.25, 0.3) is 0 Å². The predicted octanol–water partition coefficient (Wildman–Crippen LogP) is 4.53. The molecule has 1 saturated heterocycles. The number of imide groups is 1. The maximum absolute atomic E-state index is 14.1. The maximum Gasteiger partial charge on any atom is 0.329 e. The molecule has 3 N–H and O–H groups in total. The molecule has 43 heavy (non-hydrogen) atoms. The van der Waals surface area contributed by atoms with Crippen molar-refractivity contribution < 1.29 is 18.7 Å². The minimum absolute atomic E-state index is 0.0448. The Morgan fingerprint density at radius 1 is 1.16 bits per heavy atom. The number of pyridine rings is 2. The van der Waals surface area contributed by atoms with Crippen molar-refractivity contribution in [1.29, 1.82) is 0 Å². The third-order valence-electron chi connectivity index (χ3n) is 8.00. The molecule has 1 aromatic carbocycles. The first kappa shape index (κ1) is 28.6. The number of amides is 3. The number of nitrogen functional groups attached to an aromatic ring is 1. The van der Waals surface area contributed by atoms with E-state index in [4.69, 9.17) is 27.1 Å². The van der Waals surface area contributed by atoms with E-state index in [2.05, 4.69) is 34.0 Å². The molecule has 0 saturated carbocycles. The van der Waals surface area contributed by atoms with E-state index in [1.165, 1.54) is 11.0 Å². The SMILES string of the molecule is Cn1c(N2CCC(=O)NC2=O)cnc1-c1ccc2c(n1)C(C)(C)N(Cc1ncc(OCc3c(F)cccc3Cl)cc1N)C2. The molecule has 2 aliphatic heterocycles. The number of hydrogen-bond acceptors (Lipinski definition) is 8. The van der Waals surface area contributed by atoms with Gasteiger partial charge in [0.2, 0.25) is 5.91 Å². The normalized spacial score (nSPS) is 16.3. The van der Waals surface area contributed by atoms with E-state index in [1.807, 2.05) is 19.2 Å². The zero-order valence-corrected chi connectivity index (χ0v) is 24.7. The van der Waals surface area contributed by atoms with Gasteiger partial charge in [-0.05, 0) is 37.6 Å². The van der Waals surface area contributed by atoms with Gasteiger partial charge >= 0.3 is 6.03 Å². The summed E-state index contributed by atoms with van der Waals surface area (Å²) in [6.07, 6.45) is 3.42. The highest BCUT2D eigenvalue weighted by Gasteiger charge is 2.39. The lowest BCUT2D eigenvalue weighted by Gasteiger charge is -2.31. The number of fused-ring (bicyclic) bond motifs is 1. The number of nitrogens with zero attached hydrogens (tertiary/aromatic N) is 6. The van der Waals surface area contributed by atoms with Crippen LogP contribution in [0.5, 0.6) is 5.75 Å². The number of anilines is 2. The number of aromatic nitrogens is 4. The van der Waals surface area contributed by atoms with Crippen molar-refractivity contribution in [3.8, 4) is 17.3 Å². The van der Waals surface area contributed by atoms with E-state index < -0.39 is 17.4 Å². The average Bonchev–Trinajstić information content (AvgIpc) is 3.45. The highest BCUT2D eigenvalue weighted by atomic mass is 35.5. The predicted molar refractivity (Wildman–Crippen MR) is 159 cm³/mol. The second kappa shape index (κ2) is 10.9. The Balaban J connectivity index is 1.18. The number of imidazole rings is 1. The molecule has 0 atom stereocenters. The van der Waals surface area contributed by atoms with E-state index >= 15 is 0 Å². The molecular formula is C30H30ClFN8O3. The van der Waals surface area contributed by atoms with Crippen LogP contribution in [0.4, 0.5) is 20.7 Å². The van der Waals surface area contributed by atoms with Gasteiger partial charge in [0.15, 0.2) is 5.82 Å². The number of ether oxygens (including phenoxy) is 1. The molecule has 11 nitrogen and oxygen atoms in total. The Bertz CT molecular complexity index is 1740. The van der Waals surface area contributed by atoms with Crippen LogP contribution in [0.2, 0.25) is 5.02 Å². The van der Waals surface area contributed by atoms with E-state index in [9.17, 15) is 14.0 Å². The fourth-order valence-corrected chi connectivity index (χ4v) is 5.67. The summed E-state index contributed by atoms with van der Waals surface area (Å²) in [5, 5.41) is 2.64. The Labute approximate surface area is 252 Å². The van der Waals surface area contributed by atoms with Crippen molar-refractivity contribution >= 4 is 35.0 Å². The van der Waals surface area contributed by atoms with Gasteiger partial charge in [-0.3, -0.25) is 24.9 Å². The minimum Gasteiger partial charge on any atom is -0.487 e. The van der Waals surface area contributed by atoms with Gasteiger partial charge in [0.1, 0.15) is 29.7 Å². The first-order chi connectivity index (χ1) is 20.5. The molecule has 0 bridgehead atoms. The van der Waals surface area contributed by atoms with Gasteiger partial charge in [-0.25, -0.2) is 19.2 Å². The number of urea groups is 1. The third kappa shape index (κ3) is 5.28. The Morgan fingerprint density at radius 2 is 1.98 bits per heavy atom. The lowest BCUT2D eigenvalue weighted by molar-refractivity contribution is -0.120. The minimum atomic E-state index is -0.466. The fourth-order valence-electron chi connectivity index (χ4n) is 5.46. The highest BCUT2D eigenvalue weighted by Crippen LogP contribution is 2.40. The fraction of sp³-hybridized carbons (Fsp3) is 0.300. The van der Waals surface area contributed by atoms with Crippen LogP contribution < -0.4 is 20.7 Å². The van der Waals surface area contributed by atoms with Crippen molar-refractivity contribution in [1.82, 2.24) is 29.7 Å². The zero-order chi connectivity index (χ0) is 30.5. The van der Waals surface area contributed by atoms with Gasteiger partial charge < -0.3 is 15.0 Å². The third-order valence-corrected chi connectivity index (χ3v) is 8.35. The molecule has 1 fully saturated rings. The summed E-state index contributed by atoms with van der Waals surface area (Å²) >= 11 is 6.11. The molecule has 3 amide bonds. The molecule has 4 aromatic rings. The standard InChI is InChI=1S/C30H30ClFN8O3/c1-30(2)27-17(7-8-23(36-27)28-35-13-26(38(28)3)40-10-9-25(41)37-29(40)42)14-39(30)15-24-22(33)11-18(12-34-24)43-16-19-20(31)5-4-6-21(19)32/h4-8,11-13H,9-10,14-16,33H2,1-3H3,(H,37,41,42). The molecular weight excluding hydrogens is 575 g/mol. The summed E-state index contributed by atoms with van der Waals surface area (Å²) in [5.41, 5.74) is 10.0. The largest absolute Gasteiger partial charge is 0.487 e. The average molecular weight is 605 g/mol. The van der Waals surface area contributed by atoms with Crippen molar-refractivity contribution in [3.05, 3.63) is 82.1 Å². The summed E-state index contributed by atoms with van der Waals surface area (Å²) in [6, 6.07) is 9.67. The quantitative estimate of drug-likeness (QED) is 0.315. The van der Waals surface area contributed by atoms with Crippen LogP contribution in [-0.2, 0) is 37.1 Å². The van der Waals surface area contributed by atoms with Gasteiger partial charge in [-0.1, -0.05) is 23.7 Å². The maximum atomic E-state index is 14.1. The molecule has 222 valence electrons. The highest BCUT2D eigenvalue weighted by molar-refractivity contribution is 6.31. The van der Waals surface area contributed by atoms with Crippen LogP contribution in [0.25, 0.3) is 11.5 Å². The Kier molecular flexibility index (Phi) is 7.26. The first-order valence-electron chi connectivity index (χ1n) is 13.7. The van der Waals surface area contributed by atoms with Crippen LogP contribution in [0.15, 0.2) is 48.8 Å². The van der Waals surface area contributed by atoms with Gasteiger partial charge in [0.05, 0.1) is 40.0 Å². The number of benzene rings is 1. The van der Waals surface area contributed by atoms with Gasteiger partial charge in [-0.15, -0.1) is 0 Å². The summed E-state index contributed by atoms with van der Waals surface area (Å²) in [5.74, 6) is 0.873. The number of hydrogen-bond donors (Lipinski definition) is 2. The number of halogens is 2. The van der Waals surface area contributed by atoms with Gasteiger partial charge in [-0.2, -0.15) is 0 Å². The molecule has 0 unspecified atom stereocenters. The summed E-state index contributed by atoms with van der Waals surface area (Å²) < 4.78 is 21.6. The van der Waals surface area contributed by atoms with E-state index in [0.717, 1.165) is 11.3 Å². The Hall–Kier alpha value is -4.55. The van der Waals surface area contributed by atoms with Crippen LogP contribution in [-0.4, -0.2) is 42.9 Å². The van der Waals surface area contributed by atoms with Gasteiger partial charge in [0, 0.05) is 44.7 Å². The second-order valence-electron chi connectivity index (χ2n) is 11.1. The van der Waals surface area contributed by atoms with E-state index in [1.54, 1.807) is 35.2 Å². The van der Waals surface area contributed by atoms with Crippen molar-refractivity contribution in [2.24, 2.45) is 7.05 Å². The molecule has 0 spiro atoms. The lowest BCUT2D eigenvalue weighted by Crippen LogP contribution is -2.50. The molecule has 0 aliphatic carbocycles. The summed E-state index contributed by atoms with van der Waals surface area (Å²) in [4.78, 5) is 41.8. The topological polar surface area (TPSA) is 132 Å². The number of rotatable bonds is 7. The molecule has 6 rings (SSSR count). The van der Waals surface area contributed by atoms with Crippen LogP contribution in [0.3, 0.4) is 0 Å². The molecule has 3 aromatic heterocycles. The number of carbonyl (C=O) groups excluding carboxylic acids is 2. The lowest BCUT2D eigenvalue weighted by atomic mass is 9.99. The summed E-state index contributed by atoms with van der Waals surface area (Å²) in [7, 11) is 1.82. The molecule has 5 heterocycles. The van der Waals surface area contributed by atoms with Crippen LogP contribution in [0.1, 0.15) is 42.8 Å². The van der Waals surface area contributed by atoms with Crippen molar-refractivity contribution in [3.63, 3.8) is 0 Å². The monoisotopic (exact) mass is 604 g/mol. The van der Waals surface area contributed by atoms with Crippen LogP contribution >= 0.6 is 11.6 Å². The molecule has 0 radical (unpaired) electrons. The first-order valence-corrected chi connectivity index (χ1v) is 14.1. The van der Waals surface area contributed by atoms with Crippen LogP contribution in [0, 0.1) is 5.82 Å². The second-order valence-corrected chi connectivity index (χ2v) is 11.5. The van der Waals surface area contributed by atoms with E-state index in [0.29, 0.717) is 52.6 Å². The molecule has 13 heteroatoms. The van der Waals surface area contributed by atoms with Crippen molar-refractivity contribution in [2.45, 2.75) is 45.5 Å². The smallest absolute Gasteiger partial charge is 0.329 e. The zero-order valence-electron chi connectivity index (χ0n) is 23.9. The number of nitrogens with one attached hydrogen (secondary N) is 1.